The Morgan fingerprint density at radius 1 is 1.16 bits per heavy atom. The van der Waals surface area contributed by atoms with Gasteiger partial charge in [-0.15, -0.1) is 0 Å². The molecular weight excluding hydrogens is 320 g/mol. The van der Waals surface area contributed by atoms with E-state index in [4.69, 9.17) is 9.47 Å². The molecule has 0 spiro atoms. The van der Waals surface area contributed by atoms with Gasteiger partial charge in [0.05, 0.1) is 37.9 Å². The predicted molar refractivity (Wildman–Crippen MR) is 95.4 cm³/mol. The highest BCUT2D eigenvalue weighted by Crippen LogP contribution is 2.26. The van der Waals surface area contributed by atoms with Gasteiger partial charge in [0.1, 0.15) is 11.5 Å². The zero-order chi connectivity index (χ0) is 18.0. The molecule has 0 atom stereocenters. The molecule has 1 N–H and O–H groups in total. The summed E-state index contributed by atoms with van der Waals surface area (Å²) >= 11 is 0. The summed E-state index contributed by atoms with van der Waals surface area (Å²) < 4.78 is 12.3. The molecule has 2 heterocycles. The molecule has 0 saturated carbocycles. The number of rotatable bonds is 5. The smallest absolute Gasteiger partial charge is 0.259 e. The number of aromatic nitrogens is 3. The van der Waals surface area contributed by atoms with Crippen LogP contribution in [-0.4, -0.2) is 34.9 Å². The average Bonchev–Trinajstić information content (AvgIpc) is 3.04. The number of amides is 1. The summed E-state index contributed by atoms with van der Waals surface area (Å²) in [6.07, 6.45) is 3.36. The van der Waals surface area contributed by atoms with Crippen LogP contribution in [0, 0.1) is 0 Å². The van der Waals surface area contributed by atoms with Crippen LogP contribution in [0.25, 0.3) is 11.0 Å². The summed E-state index contributed by atoms with van der Waals surface area (Å²) in [5, 5.41) is 8.04. The second-order valence-electron chi connectivity index (χ2n) is 5.84. The van der Waals surface area contributed by atoms with Crippen LogP contribution in [0.4, 0.5) is 5.69 Å². The lowest BCUT2D eigenvalue weighted by atomic mass is 10.1. The van der Waals surface area contributed by atoms with Crippen LogP contribution in [0.1, 0.15) is 30.2 Å². The van der Waals surface area contributed by atoms with Gasteiger partial charge < -0.3 is 14.8 Å². The average molecular weight is 340 g/mol. The molecule has 7 heteroatoms. The maximum absolute atomic E-state index is 12.6. The predicted octanol–water partition coefficient (Wildman–Crippen LogP) is 3.28. The van der Waals surface area contributed by atoms with E-state index in [1.165, 1.54) is 7.11 Å². The Kier molecular flexibility index (Phi) is 4.56. The summed E-state index contributed by atoms with van der Waals surface area (Å²) in [5.74, 6) is 0.785. The van der Waals surface area contributed by atoms with Crippen LogP contribution in [0.3, 0.4) is 0 Å². The first-order valence-electron chi connectivity index (χ1n) is 7.90. The number of carbonyl (C=O) groups excluding carboxylic acids is 1. The lowest BCUT2D eigenvalue weighted by Crippen LogP contribution is -2.13. The number of benzene rings is 1. The number of hydrogen-bond acceptors (Lipinski definition) is 5. The van der Waals surface area contributed by atoms with E-state index in [0.717, 1.165) is 11.0 Å². The normalized spacial score (nSPS) is 10.9. The van der Waals surface area contributed by atoms with Gasteiger partial charge in [0.25, 0.3) is 5.91 Å². The molecule has 0 fully saturated rings. The first-order valence-corrected chi connectivity index (χ1v) is 7.90. The minimum atomic E-state index is -0.281. The van der Waals surface area contributed by atoms with Gasteiger partial charge >= 0.3 is 0 Å². The van der Waals surface area contributed by atoms with Crippen LogP contribution < -0.4 is 14.8 Å². The maximum atomic E-state index is 12.6. The lowest BCUT2D eigenvalue weighted by Gasteiger charge is -2.11. The van der Waals surface area contributed by atoms with Crippen LogP contribution in [0.2, 0.25) is 0 Å². The second kappa shape index (κ2) is 6.80. The van der Waals surface area contributed by atoms with Gasteiger partial charge in [0.15, 0.2) is 5.65 Å². The van der Waals surface area contributed by atoms with Crippen molar-refractivity contribution >= 4 is 22.6 Å². The Balaban J connectivity index is 1.87. The number of anilines is 1. The highest BCUT2D eigenvalue weighted by atomic mass is 16.5. The molecule has 1 amide bonds. The van der Waals surface area contributed by atoms with Gasteiger partial charge in [-0.05, 0) is 32.0 Å². The summed E-state index contributed by atoms with van der Waals surface area (Å²) in [6.45, 7) is 4.08. The third-order valence-electron chi connectivity index (χ3n) is 3.83. The van der Waals surface area contributed by atoms with Gasteiger partial charge in [-0.1, -0.05) is 0 Å². The fourth-order valence-electron chi connectivity index (χ4n) is 2.57. The van der Waals surface area contributed by atoms with Crippen molar-refractivity contribution in [1.29, 1.82) is 0 Å². The van der Waals surface area contributed by atoms with Crippen molar-refractivity contribution < 1.29 is 14.3 Å². The number of fused-ring (bicyclic) bond motifs is 1. The van der Waals surface area contributed by atoms with Crippen molar-refractivity contribution in [3.63, 3.8) is 0 Å². The van der Waals surface area contributed by atoms with E-state index in [1.54, 1.807) is 37.7 Å². The minimum Gasteiger partial charge on any atom is -0.497 e. The van der Waals surface area contributed by atoms with Crippen molar-refractivity contribution in [2.24, 2.45) is 0 Å². The number of ether oxygens (including phenoxy) is 2. The molecule has 0 radical (unpaired) electrons. The van der Waals surface area contributed by atoms with Crippen LogP contribution in [0.15, 0.2) is 36.7 Å². The summed E-state index contributed by atoms with van der Waals surface area (Å²) in [4.78, 5) is 17.0. The largest absolute Gasteiger partial charge is 0.497 e. The van der Waals surface area contributed by atoms with Crippen LogP contribution in [-0.2, 0) is 0 Å². The number of hydrogen-bond donors (Lipinski definition) is 1. The van der Waals surface area contributed by atoms with E-state index >= 15 is 0 Å². The zero-order valence-electron chi connectivity index (χ0n) is 14.6. The van der Waals surface area contributed by atoms with E-state index in [-0.39, 0.29) is 11.9 Å². The molecule has 0 aliphatic rings. The topological polar surface area (TPSA) is 78.3 Å². The van der Waals surface area contributed by atoms with E-state index in [9.17, 15) is 4.79 Å². The van der Waals surface area contributed by atoms with Gasteiger partial charge in [-0.2, -0.15) is 5.10 Å². The van der Waals surface area contributed by atoms with Crippen LogP contribution in [0.5, 0.6) is 11.5 Å². The molecule has 3 aromatic rings. The number of carbonyl (C=O) groups is 1. The quantitative estimate of drug-likeness (QED) is 0.771. The number of pyridine rings is 1. The van der Waals surface area contributed by atoms with Gasteiger partial charge in [0.2, 0.25) is 0 Å². The van der Waals surface area contributed by atoms with Crippen molar-refractivity contribution in [3.05, 3.63) is 42.2 Å². The van der Waals surface area contributed by atoms with Crippen molar-refractivity contribution in [3.8, 4) is 11.5 Å². The Labute approximate surface area is 145 Å². The fourth-order valence-corrected chi connectivity index (χ4v) is 2.57. The molecule has 0 unspecified atom stereocenters. The molecule has 25 heavy (non-hydrogen) atoms. The Morgan fingerprint density at radius 2 is 1.96 bits per heavy atom. The molecule has 0 aliphatic heterocycles. The molecular formula is C18H20N4O3. The van der Waals surface area contributed by atoms with E-state index < -0.39 is 0 Å². The molecule has 130 valence electrons. The van der Waals surface area contributed by atoms with Gasteiger partial charge in [-0.3, -0.25) is 4.79 Å². The van der Waals surface area contributed by atoms with E-state index in [0.29, 0.717) is 22.7 Å². The monoisotopic (exact) mass is 340 g/mol. The number of nitrogens with one attached hydrogen (secondary N) is 1. The minimum absolute atomic E-state index is 0.217. The molecule has 1 aromatic carbocycles. The highest BCUT2D eigenvalue weighted by Gasteiger charge is 2.15. The SMILES string of the molecule is COc1ccc(C(=O)Nc2cnc3c(cnn3C(C)C)c2)c(OC)c1. The molecule has 2 aromatic heterocycles. The van der Waals surface area contributed by atoms with Crippen molar-refractivity contribution in [2.45, 2.75) is 19.9 Å². The zero-order valence-corrected chi connectivity index (χ0v) is 14.6. The van der Waals surface area contributed by atoms with Crippen LogP contribution >= 0.6 is 0 Å². The standard InChI is InChI=1S/C18H20N4O3/c1-11(2)22-17-12(9-20-22)7-13(10-19-17)21-18(23)15-6-5-14(24-3)8-16(15)25-4/h5-11H,1-4H3,(H,21,23). The molecule has 3 rings (SSSR count). The van der Waals surface area contributed by atoms with E-state index in [2.05, 4.69) is 15.4 Å². The maximum Gasteiger partial charge on any atom is 0.259 e. The Bertz CT molecular complexity index is 918. The first kappa shape index (κ1) is 16.8. The highest BCUT2D eigenvalue weighted by molar-refractivity contribution is 6.06. The fraction of sp³-hybridized carbons (Fsp3) is 0.278. The van der Waals surface area contributed by atoms with Crippen molar-refractivity contribution in [2.75, 3.05) is 19.5 Å². The Hall–Kier alpha value is -3.09. The Morgan fingerprint density at radius 3 is 2.64 bits per heavy atom. The molecule has 7 nitrogen and oxygen atoms in total. The second-order valence-corrected chi connectivity index (χ2v) is 5.84. The molecule has 0 aliphatic carbocycles. The third-order valence-corrected chi connectivity index (χ3v) is 3.83. The lowest BCUT2D eigenvalue weighted by molar-refractivity contribution is 0.102. The molecule has 0 saturated heterocycles. The van der Waals surface area contributed by atoms with Gasteiger partial charge in [0, 0.05) is 17.5 Å². The van der Waals surface area contributed by atoms with E-state index in [1.807, 2.05) is 24.6 Å². The number of methoxy groups -OCH3 is 2. The third kappa shape index (κ3) is 3.26. The molecule has 0 bridgehead atoms. The summed E-state index contributed by atoms with van der Waals surface area (Å²) in [5.41, 5.74) is 1.80. The van der Waals surface area contributed by atoms with Crippen molar-refractivity contribution in [1.82, 2.24) is 14.8 Å². The first-order chi connectivity index (χ1) is 12.0. The van der Waals surface area contributed by atoms with Gasteiger partial charge in [-0.25, -0.2) is 9.67 Å². The summed E-state index contributed by atoms with van der Waals surface area (Å²) in [7, 11) is 3.08. The summed E-state index contributed by atoms with van der Waals surface area (Å²) in [6, 6.07) is 7.11. The number of nitrogens with zero attached hydrogens (tertiary/aromatic N) is 3.